The lowest BCUT2D eigenvalue weighted by Gasteiger charge is -2.24. The molecule has 0 amide bonds. The molecule has 178 valence electrons. The second-order valence-electron chi connectivity index (χ2n) is 8.60. The van der Waals surface area contributed by atoms with E-state index in [4.69, 9.17) is 4.74 Å². The first-order valence-corrected chi connectivity index (χ1v) is 12.6. The van der Waals surface area contributed by atoms with E-state index in [0.717, 1.165) is 34.1 Å². The number of hydrogen-bond acceptors (Lipinski definition) is 5. The third-order valence-electron chi connectivity index (χ3n) is 6.36. The maximum absolute atomic E-state index is 13.8. The molecule has 7 heteroatoms. The summed E-state index contributed by atoms with van der Waals surface area (Å²) >= 11 is 1.35. The molecule has 5 rings (SSSR count). The number of para-hydroxylation sites is 1. The first kappa shape index (κ1) is 23.1. The predicted molar refractivity (Wildman–Crippen MR) is 139 cm³/mol. The maximum Gasteiger partial charge on any atom is 0.338 e. The van der Waals surface area contributed by atoms with E-state index in [9.17, 15) is 9.59 Å². The van der Waals surface area contributed by atoms with Gasteiger partial charge in [0.05, 0.1) is 28.5 Å². The molecule has 0 spiro atoms. The molecule has 0 saturated heterocycles. The number of allylic oxidation sites excluding steroid dienone is 1. The smallest absolute Gasteiger partial charge is 0.338 e. The van der Waals surface area contributed by atoms with Gasteiger partial charge in [-0.15, -0.1) is 0 Å². The van der Waals surface area contributed by atoms with Crippen molar-refractivity contribution in [1.29, 1.82) is 0 Å². The molecular formula is C28H27N3O3S. The van der Waals surface area contributed by atoms with Crippen molar-refractivity contribution in [2.45, 2.75) is 40.3 Å². The average Bonchev–Trinajstić information content (AvgIpc) is 3.36. The van der Waals surface area contributed by atoms with E-state index in [0.29, 0.717) is 20.6 Å². The Balaban J connectivity index is 1.75. The van der Waals surface area contributed by atoms with Crippen LogP contribution in [0.5, 0.6) is 0 Å². The monoisotopic (exact) mass is 485 g/mol. The van der Waals surface area contributed by atoms with E-state index in [2.05, 4.69) is 34.8 Å². The highest BCUT2D eigenvalue weighted by atomic mass is 32.1. The summed E-state index contributed by atoms with van der Waals surface area (Å²) in [6, 6.07) is 15.5. The van der Waals surface area contributed by atoms with Gasteiger partial charge >= 0.3 is 5.97 Å². The normalized spacial score (nSPS) is 15.9. The number of esters is 1. The molecule has 6 nitrogen and oxygen atoms in total. The molecule has 35 heavy (non-hydrogen) atoms. The second kappa shape index (κ2) is 9.15. The average molecular weight is 486 g/mol. The second-order valence-corrected chi connectivity index (χ2v) is 9.61. The van der Waals surface area contributed by atoms with E-state index in [1.165, 1.54) is 11.3 Å². The fourth-order valence-electron chi connectivity index (χ4n) is 4.65. The molecule has 1 aliphatic heterocycles. The molecule has 0 fully saturated rings. The number of ether oxygens (including phenoxy) is 1. The number of aryl methyl sites for hydroxylation is 2. The van der Waals surface area contributed by atoms with Crippen LogP contribution in [0.3, 0.4) is 0 Å². The number of thiazole rings is 1. The van der Waals surface area contributed by atoms with Crippen LogP contribution in [0.25, 0.3) is 17.0 Å². The zero-order chi connectivity index (χ0) is 24.7. The molecule has 0 saturated carbocycles. The van der Waals surface area contributed by atoms with Gasteiger partial charge < -0.3 is 9.30 Å². The lowest BCUT2D eigenvalue weighted by Crippen LogP contribution is -2.39. The summed E-state index contributed by atoms with van der Waals surface area (Å²) in [4.78, 5) is 32.1. The Labute approximate surface area is 207 Å². The summed E-state index contributed by atoms with van der Waals surface area (Å²) in [5.74, 6) is -0.445. The van der Waals surface area contributed by atoms with E-state index < -0.39 is 12.0 Å². The van der Waals surface area contributed by atoms with Gasteiger partial charge in [0.1, 0.15) is 0 Å². The molecule has 0 N–H and O–H groups in total. The quantitative estimate of drug-likeness (QED) is 0.400. The summed E-state index contributed by atoms with van der Waals surface area (Å²) < 4.78 is 9.77. The first-order valence-electron chi connectivity index (χ1n) is 11.8. The van der Waals surface area contributed by atoms with Gasteiger partial charge in [-0.05, 0) is 45.4 Å². The van der Waals surface area contributed by atoms with Crippen molar-refractivity contribution < 1.29 is 9.53 Å². The Bertz CT molecular complexity index is 1650. The molecule has 4 aromatic rings. The standard InChI is InChI=1S/C28H27N3O3S/c1-5-30-16-20(21-9-7-8-10-22(21)30)15-23-26(32)31-25(19-13-11-17(3)12-14-19)24(27(33)34-6-2)18(4)29-28(31)35-23/h7-16,25H,5-6H2,1-4H3/t25-/m1/s1. The van der Waals surface area contributed by atoms with Gasteiger partial charge in [-0.1, -0.05) is 59.4 Å². The number of carbonyl (C=O) groups excluding carboxylic acids is 1. The molecule has 0 unspecified atom stereocenters. The Kier molecular flexibility index (Phi) is 6.03. The summed E-state index contributed by atoms with van der Waals surface area (Å²) in [5.41, 5.74) is 4.88. The Hall–Kier alpha value is -3.71. The number of fused-ring (bicyclic) bond motifs is 2. The Morgan fingerprint density at radius 2 is 1.86 bits per heavy atom. The zero-order valence-electron chi connectivity index (χ0n) is 20.2. The summed E-state index contributed by atoms with van der Waals surface area (Å²) in [5, 5.41) is 1.10. The third kappa shape index (κ3) is 3.96. The minimum atomic E-state index is -0.593. The summed E-state index contributed by atoms with van der Waals surface area (Å²) in [6.07, 6.45) is 4.02. The van der Waals surface area contributed by atoms with Crippen LogP contribution in [-0.4, -0.2) is 21.7 Å². The third-order valence-corrected chi connectivity index (χ3v) is 7.34. The molecule has 2 aromatic carbocycles. The molecule has 0 radical (unpaired) electrons. The van der Waals surface area contributed by atoms with E-state index >= 15 is 0 Å². The zero-order valence-corrected chi connectivity index (χ0v) is 21.1. The molecule has 1 atom stereocenters. The van der Waals surface area contributed by atoms with Crippen LogP contribution in [0.15, 0.2) is 75.8 Å². The van der Waals surface area contributed by atoms with Crippen molar-refractivity contribution >= 4 is 34.3 Å². The van der Waals surface area contributed by atoms with E-state index in [1.54, 1.807) is 18.4 Å². The van der Waals surface area contributed by atoms with Crippen LogP contribution in [0.2, 0.25) is 0 Å². The van der Waals surface area contributed by atoms with Crippen molar-refractivity contribution in [1.82, 2.24) is 9.13 Å². The largest absolute Gasteiger partial charge is 0.463 e. The molecule has 0 aliphatic carbocycles. The molecular weight excluding hydrogens is 458 g/mol. The van der Waals surface area contributed by atoms with Crippen molar-refractivity contribution in [2.75, 3.05) is 6.61 Å². The highest BCUT2D eigenvalue weighted by molar-refractivity contribution is 7.07. The van der Waals surface area contributed by atoms with Crippen molar-refractivity contribution in [3.8, 4) is 0 Å². The first-order chi connectivity index (χ1) is 16.9. The van der Waals surface area contributed by atoms with Crippen LogP contribution < -0.4 is 14.9 Å². The van der Waals surface area contributed by atoms with Crippen molar-refractivity contribution in [3.05, 3.63) is 102 Å². The molecule has 2 aromatic heterocycles. The highest BCUT2D eigenvalue weighted by Crippen LogP contribution is 2.31. The van der Waals surface area contributed by atoms with Gasteiger partial charge in [0.15, 0.2) is 4.80 Å². The van der Waals surface area contributed by atoms with Gasteiger partial charge in [-0.25, -0.2) is 9.79 Å². The number of carbonyl (C=O) groups is 1. The maximum atomic E-state index is 13.8. The topological polar surface area (TPSA) is 65.6 Å². The Morgan fingerprint density at radius 1 is 1.11 bits per heavy atom. The van der Waals surface area contributed by atoms with Crippen molar-refractivity contribution in [2.24, 2.45) is 4.99 Å². The lowest BCUT2D eigenvalue weighted by atomic mass is 9.95. The molecule has 3 heterocycles. The number of nitrogens with zero attached hydrogens (tertiary/aromatic N) is 3. The summed E-state index contributed by atoms with van der Waals surface area (Å²) in [6.45, 7) is 8.78. The summed E-state index contributed by atoms with van der Waals surface area (Å²) in [7, 11) is 0. The fraction of sp³-hybridized carbons (Fsp3) is 0.250. The van der Waals surface area contributed by atoms with Crippen LogP contribution in [0, 0.1) is 6.92 Å². The minimum Gasteiger partial charge on any atom is -0.463 e. The van der Waals surface area contributed by atoms with Crippen LogP contribution in [-0.2, 0) is 16.1 Å². The number of hydrogen-bond donors (Lipinski definition) is 0. The van der Waals surface area contributed by atoms with Gasteiger partial charge in [0.25, 0.3) is 5.56 Å². The van der Waals surface area contributed by atoms with Crippen molar-refractivity contribution in [3.63, 3.8) is 0 Å². The Morgan fingerprint density at radius 3 is 2.57 bits per heavy atom. The lowest BCUT2D eigenvalue weighted by molar-refractivity contribution is -0.139. The number of benzene rings is 2. The van der Waals surface area contributed by atoms with Crippen LogP contribution >= 0.6 is 11.3 Å². The van der Waals surface area contributed by atoms with Crippen LogP contribution in [0.1, 0.15) is 43.5 Å². The molecule has 1 aliphatic rings. The van der Waals surface area contributed by atoms with Gasteiger partial charge in [0.2, 0.25) is 0 Å². The fourth-order valence-corrected chi connectivity index (χ4v) is 5.69. The minimum absolute atomic E-state index is 0.165. The number of aromatic nitrogens is 2. The van der Waals surface area contributed by atoms with Crippen LogP contribution in [0.4, 0.5) is 0 Å². The molecule has 0 bridgehead atoms. The number of rotatable bonds is 5. The predicted octanol–water partition coefficient (Wildman–Crippen LogP) is 4.08. The van der Waals surface area contributed by atoms with E-state index in [-0.39, 0.29) is 12.2 Å². The highest BCUT2D eigenvalue weighted by Gasteiger charge is 2.33. The van der Waals surface area contributed by atoms with Gasteiger partial charge in [0, 0.05) is 29.2 Å². The van der Waals surface area contributed by atoms with E-state index in [1.807, 2.05) is 49.4 Å². The van der Waals surface area contributed by atoms with Gasteiger partial charge in [-0.3, -0.25) is 9.36 Å². The van der Waals surface area contributed by atoms with Gasteiger partial charge in [-0.2, -0.15) is 0 Å². The SMILES string of the molecule is CCOC(=O)C1=C(C)N=c2sc(=Cc3cn(CC)c4ccccc34)c(=O)n2[C@@H]1c1ccc(C)cc1.